The van der Waals surface area contributed by atoms with Gasteiger partial charge in [0.15, 0.2) is 5.17 Å². The number of anilines is 1. The molecule has 1 N–H and O–H groups in total. The number of non-ortho nitro benzene ring substituents is 1. The number of halogens is 1. The summed E-state index contributed by atoms with van der Waals surface area (Å²) in [5, 5.41) is 22.0. The molecule has 3 aromatic rings. The highest BCUT2D eigenvalue weighted by Crippen LogP contribution is 2.40. The number of thioether (sulfide) groups is 1. The van der Waals surface area contributed by atoms with Gasteiger partial charge in [-0.3, -0.25) is 19.8 Å². The lowest BCUT2D eigenvalue weighted by molar-refractivity contribution is -0.385. The Hall–Kier alpha value is -3.43. The molecule has 0 spiro atoms. The van der Waals surface area contributed by atoms with Gasteiger partial charge in [0.2, 0.25) is 0 Å². The minimum atomic E-state index is -0.561. The van der Waals surface area contributed by atoms with Crippen molar-refractivity contribution < 1.29 is 14.8 Å². The highest BCUT2D eigenvalue weighted by atomic mass is 79.9. The first-order valence-corrected chi connectivity index (χ1v) is 10.6. The third-order valence-electron chi connectivity index (χ3n) is 4.38. The van der Waals surface area contributed by atoms with Crippen LogP contribution in [0.3, 0.4) is 0 Å². The molecule has 1 amide bonds. The van der Waals surface area contributed by atoms with Gasteiger partial charge in [0.05, 0.1) is 25.7 Å². The SMILES string of the molecule is O=C1C(=Cc2cc([N+](=O)[O-])cc(Br)c2O)SC(=Nc2ccccc2)N1c1ccccc1. The summed E-state index contributed by atoms with van der Waals surface area (Å²) in [7, 11) is 0. The summed E-state index contributed by atoms with van der Waals surface area (Å²) in [4.78, 5) is 30.3. The quantitative estimate of drug-likeness (QED) is 0.277. The average molecular weight is 496 g/mol. The largest absolute Gasteiger partial charge is 0.506 e. The van der Waals surface area contributed by atoms with Crippen molar-refractivity contribution in [3.63, 3.8) is 0 Å². The van der Waals surface area contributed by atoms with Crippen molar-refractivity contribution in [2.45, 2.75) is 0 Å². The second-order valence-electron chi connectivity index (χ2n) is 6.44. The molecule has 0 saturated carbocycles. The smallest absolute Gasteiger partial charge is 0.271 e. The van der Waals surface area contributed by atoms with Gasteiger partial charge >= 0.3 is 0 Å². The lowest BCUT2D eigenvalue weighted by Crippen LogP contribution is -2.28. The normalized spacial score (nSPS) is 16.3. The van der Waals surface area contributed by atoms with Crippen LogP contribution < -0.4 is 4.90 Å². The third-order valence-corrected chi connectivity index (χ3v) is 5.95. The van der Waals surface area contributed by atoms with Crippen LogP contribution in [0.1, 0.15) is 5.56 Å². The maximum absolute atomic E-state index is 13.3. The van der Waals surface area contributed by atoms with E-state index in [9.17, 15) is 20.0 Å². The number of aliphatic imine (C=N–C) groups is 1. The van der Waals surface area contributed by atoms with E-state index in [1.165, 1.54) is 23.1 Å². The monoisotopic (exact) mass is 495 g/mol. The number of nitrogens with zero attached hydrogens (tertiary/aromatic N) is 3. The maximum Gasteiger partial charge on any atom is 0.271 e. The Morgan fingerprint density at radius 2 is 1.71 bits per heavy atom. The van der Waals surface area contributed by atoms with E-state index in [1.54, 1.807) is 12.1 Å². The number of nitro groups is 1. The Labute approximate surface area is 190 Å². The number of rotatable bonds is 4. The van der Waals surface area contributed by atoms with Crippen molar-refractivity contribution >= 4 is 61.9 Å². The fourth-order valence-electron chi connectivity index (χ4n) is 2.93. The van der Waals surface area contributed by atoms with Crippen LogP contribution in [0, 0.1) is 10.1 Å². The molecule has 1 fully saturated rings. The molecular formula is C22H14BrN3O4S. The highest BCUT2D eigenvalue weighted by Gasteiger charge is 2.35. The Balaban J connectivity index is 1.81. The maximum atomic E-state index is 13.3. The first-order valence-electron chi connectivity index (χ1n) is 9.04. The second-order valence-corrected chi connectivity index (χ2v) is 8.30. The molecular weight excluding hydrogens is 482 g/mol. The molecule has 1 saturated heterocycles. The van der Waals surface area contributed by atoms with E-state index in [0.29, 0.717) is 16.5 Å². The molecule has 0 unspecified atom stereocenters. The van der Waals surface area contributed by atoms with E-state index < -0.39 is 4.92 Å². The fourth-order valence-corrected chi connectivity index (χ4v) is 4.38. The second kappa shape index (κ2) is 8.75. The van der Waals surface area contributed by atoms with E-state index in [4.69, 9.17) is 0 Å². The molecule has 31 heavy (non-hydrogen) atoms. The lowest BCUT2D eigenvalue weighted by Gasteiger charge is -2.15. The summed E-state index contributed by atoms with van der Waals surface area (Å²) < 4.78 is 0.169. The van der Waals surface area contributed by atoms with E-state index in [-0.39, 0.29) is 32.3 Å². The van der Waals surface area contributed by atoms with Crippen molar-refractivity contribution in [3.05, 3.63) is 97.9 Å². The van der Waals surface area contributed by atoms with E-state index in [1.807, 2.05) is 48.5 Å². The van der Waals surface area contributed by atoms with Gasteiger partial charge in [-0.05, 0) is 58.0 Å². The highest BCUT2D eigenvalue weighted by molar-refractivity contribution is 9.10. The molecule has 1 aliphatic heterocycles. The van der Waals surface area contributed by atoms with Crippen molar-refractivity contribution in [1.29, 1.82) is 0 Å². The Morgan fingerprint density at radius 3 is 2.35 bits per heavy atom. The van der Waals surface area contributed by atoms with Gasteiger partial charge in [-0.15, -0.1) is 0 Å². The van der Waals surface area contributed by atoms with Gasteiger partial charge in [0, 0.05) is 17.7 Å². The summed E-state index contributed by atoms with van der Waals surface area (Å²) in [6.45, 7) is 0. The predicted molar refractivity (Wildman–Crippen MR) is 125 cm³/mol. The first kappa shape index (κ1) is 20.8. The summed E-state index contributed by atoms with van der Waals surface area (Å²) in [5.74, 6) is -0.529. The zero-order valence-electron chi connectivity index (χ0n) is 15.8. The predicted octanol–water partition coefficient (Wildman–Crippen LogP) is 5.87. The minimum absolute atomic E-state index is 0.158. The molecule has 0 atom stereocenters. The Morgan fingerprint density at radius 1 is 1.06 bits per heavy atom. The van der Waals surface area contributed by atoms with Crippen LogP contribution in [-0.2, 0) is 4.79 Å². The number of phenols is 1. The average Bonchev–Trinajstić information content (AvgIpc) is 3.07. The molecule has 154 valence electrons. The van der Waals surface area contributed by atoms with Crippen LogP contribution in [0.5, 0.6) is 5.75 Å². The zero-order chi connectivity index (χ0) is 22.0. The third kappa shape index (κ3) is 4.37. The van der Waals surface area contributed by atoms with Crippen LogP contribution in [0.2, 0.25) is 0 Å². The van der Waals surface area contributed by atoms with Crippen molar-refractivity contribution in [1.82, 2.24) is 0 Å². The number of aromatic hydroxyl groups is 1. The molecule has 4 rings (SSSR count). The van der Waals surface area contributed by atoms with Gasteiger partial charge in [0.1, 0.15) is 5.75 Å². The molecule has 0 aromatic heterocycles. The number of phenolic OH excluding ortho intramolecular Hbond substituents is 1. The summed E-state index contributed by atoms with van der Waals surface area (Å²) >= 11 is 4.26. The van der Waals surface area contributed by atoms with Gasteiger partial charge in [0.25, 0.3) is 11.6 Å². The Bertz CT molecular complexity index is 1230. The summed E-state index contributed by atoms with van der Waals surface area (Å²) in [6, 6.07) is 20.7. The molecule has 3 aromatic carbocycles. The molecule has 9 heteroatoms. The topological polar surface area (TPSA) is 96.0 Å². The first-order chi connectivity index (χ1) is 14.9. The number of hydrogen-bond acceptors (Lipinski definition) is 6. The Kier molecular flexibility index (Phi) is 5.88. The van der Waals surface area contributed by atoms with Gasteiger partial charge in [-0.2, -0.15) is 0 Å². The molecule has 0 radical (unpaired) electrons. The lowest BCUT2D eigenvalue weighted by atomic mass is 10.1. The van der Waals surface area contributed by atoms with Crippen LogP contribution in [0.15, 0.2) is 87.2 Å². The van der Waals surface area contributed by atoms with Crippen molar-refractivity contribution in [2.24, 2.45) is 4.99 Å². The molecule has 0 bridgehead atoms. The van der Waals surface area contributed by atoms with Crippen molar-refractivity contribution in [3.8, 4) is 5.75 Å². The fraction of sp³-hybridized carbons (Fsp3) is 0. The van der Waals surface area contributed by atoms with E-state index in [2.05, 4.69) is 20.9 Å². The van der Waals surface area contributed by atoms with E-state index in [0.717, 1.165) is 11.8 Å². The number of hydrogen-bond donors (Lipinski definition) is 1. The van der Waals surface area contributed by atoms with Gasteiger partial charge in [-0.1, -0.05) is 36.4 Å². The standard InChI is InChI=1S/C22H14BrN3O4S/c23-18-13-17(26(29)30)11-14(20(18)27)12-19-21(28)25(16-9-5-2-6-10-16)22(31-19)24-15-7-3-1-4-8-15/h1-13,27H. The number of amidine groups is 1. The van der Waals surface area contributed by atoms with Crippen LogP contribution in [0.4, 0.5) is 17.1 Å². The number of carbonyl (C=O) groups is 1. The molecule has 7 nitrogen and oxygen atoms in total. The molecule has 1 heterocycles. The summed E-state index contributed by atoms with van der Waals surface area (Å²) in [5.41, 5.74) is 1.28. The molecule has 0 aliphatic carbocycles. The zero-order valence-corrected chi connectivity index (χ0v) is 18.2. The van der Waals surface area contributed by atoms with Crippen molar-refractivity contribution in [2.75, 3.05) is 4.90 Å². The van der Waals surface area contributed by atoms with Gasteiger partial charge < -0.3 is 5.11 Å². The van der Waals surface area contributed by atoms with Crippen LogP contribution in [0.25, 0.3) is 6.08 Å². The number of carbonyl (C=O) groups excluding carboxylic acids is 1. The minimum Gasteiger partial charge on any atom is -0.506 e. The van der Waals surface area contributed by atoms with Crippen LogP contribution >= 0.6 is 27.7 Å². The molecule has 1 aliphatic rings. The number of amides is 1. The number of para-hydroxylation sites is 2. The van der Waals surface area contributed by atoms with E-state index >= 15 is 0 Å². The van der Waals surface area contributed by atoms with Crippen LogP contribution in [-0.4, -0.2) is 21.1 Å². The number of benzene rings is 3. The summed E-state index contributed by atoms with van der Waals surface area (Å²) in [6.07, 6.45) is 1.43. The van der Waals surface area contributed by atoms with Gasteiger partial charge in [-0.25, -0.2) is 4.99 Å². The number of nitro benzene ring substituents is 1.